The molecule has 0 radical (unpaired) electrons. The van der Waals surface area contributed by atoms with E-state index in [1.54, 1.807) is 0 Å². The SMILES string of the molecule is CCOC1(OCC)NC(c2ccc(F)cc2)=C2C[C@H]3[C@@H]4CC[C@H]5C[C@@H](O)CC[C@]5(C)[C@H]4CC[C@]3(C)C2=C1C#N. The first kappa shape index (κ1) is 27.0. The van der Waals surface area contributed by atoms with Crippen molar-refractivity contribution >= 4 is 5.70 Å². The number of nitriles is 1. The molecular formula is C33H43FN2O3. The highest BCUT2D eigenvalue weighted by atomic mass is 19.1. The average Bonchev–Trinajstić information content (AvgIpc) is 3.23. The van der Waals surface area contributed by atoms with Crippen molar-refractivity contribution in [1.82, 2.24) is 5.32 Å². The molecule has 0 spiro atoms. The molecule has 0 unspecified atom stereocenters. The number of dihydropyridines is 1. The van der Waals surface area contributed by atoms with Crippen LogP contribution in [0.5, 0.6) is 0 Å². The number of hydrogen-bond acceptors (Lipinski definition) is 5. The number of benzene rings is 1. The van der Waals surface area contributed by atoms with Crippen LogP contribution < -0.4 is 5.32 Å². The van der Waals surface area contributed by atoms with Gasteiger partial charge >= 0.3 is 0 Å². The van der Waals surface area contributed by atoms with Gasteiger partial charge < -0.3 is 19.9 Å². The lowest BCUT2D eigenvalue weighted by Crippen LogP contribution is -2.55. The molecule has 0 saturated heterocycles. The highest BCUT2D eigenvalue weighted by molar-refractivity contribution is 5.78. The lowest BCUT2D eigenvalue weighted by molar-refractivity contribution is -0.217. The van der Waals surface area contributed by atoms with E-state index >= 15 is 0 Å². The number of halogens is 1. The van der Waals surface area contributed by atoms with Crippen LogP contribution in [0.15, 0.2) is 41.0 Å². The van der Waals surface area contributed by atoms with Crippen LogP contribution in [0.1, 0.15) is 84.6 Å². The quantitative estimate of drug-likeness (QED) is 0.411. The van der Waals surface area contributed by atoms with Crippen molar-refractivity contribution in [2.45, 2.75) is 91.1 Å². The fraction of sp³-hybridized carbons (Fsp3) is 0.667. The summed E-state index contributed by atoms with van der Waals surface area (Å²) in [7, 11) is 0. The standard InChI is InChI=1S/C33H43FN2O3/c1-5-38-33(39-6-2)28(19-35)29-25(30(36-33)20-7-10-22(34)11-8-20)18-27-24-12-9-21-17-23(37)13-15-31(21,3)26(24)14-16-32(27,29)4/h7-8,10-11,21,23-24,26-27,36-37H,5-6,9,12-18H2,1-4H3/t21-,23-,24+,26-,27-,31-,32-/m0/s1. The summed E-state index contributed by atoms with van der Waals surface area (Å²) in [5, 5.41) is 24.7. The molecule has 5 aliphatic rings. The Kier molecular flexibility index (Phi) is 6.72. The van der Waals surface area contributed by atoms with Crippen LogP contribution in [0.2, 0.25) is 0 Å². The maximum absolute atomic E-state index is 14.0. The first-order chi connectivity index (χ1) is 18.7. The molecule has 1 aromatic carbocycles. The molecule has 1 heterocycles. The van der Waals surface area contributed by atoms with Crippen molar-refractivity contribution in [1.29, 1.82) is 5.26 Å². The fourth-order valence-electron chi connectivity index (χ4n) is 9.70. The van der Waals surface area contributed by atoms with Gasteiger partial charge in [-0.2, -0.15) is 5.26 Å². The summed E-state index contributed by atoms with van der Waals surface area (Å²) < 4.78 is 26.5. The molecule has 6 heteroatoms. The minimum atomic E-state index is -1.36. The molecule has 4 aliphatic carbocycles. The molecule has 4 fully saturated rings. The van der Waals surface area contributed by atoms with Gasteiger partial charge in [-0.05, 0) is 141 Å². The number of aliphatic hydroxyl groups excluding tert-OH is 1. The van der Waals surface area contributed by atoms with Crippen molar-refractivity contribution in [2.75, 3.05) is 13.2 Å². The van der Waals surface area contributed by atoms with Crippen molar-refractivity contribution in [3.05, 3.63) is 52.4 Å². The first-order valence-corrected chi connectivity index (χ1v) is 15.1. The summed E-state index contributed by atoms with van der Waals surface area (Å²) in [6.45, 7) is 9.49. The molecule has 39 heavy (non-hydrogen) atoms. The van der Waals surface area contributed by atoms with E-state index < -0.39 is 5.91 Å². The number of rotatable bonds is 5. The van der Waals surface area contributed by atoms with Gasteiger partial charge in [0, 0.05) is 18.9 Å². The van der Waals surface area contributed by atoms with E-state index in [2.05, 4.69) is 25.2 Å². The minimum Gasteiger partial charge on any atom is -0.393 e. The fourth-order valence-corrected chi connectivity index (χ4v) is 9.70. The number of fused-ring (bicyclic) bond motifs is 7. The molecular weight excluding hydrogens is 491 g/mol. The van der Waals surface area contributed by atoms with E-state index in [4.69, 9.17) is 9.47 Å². The Hall–Kier alpha value is -2.20. The van der Waals surface area contributed by atoms with E-state index in [1.165, 1.54) is 30.5 Å². The van der Waals surface area contributed by atoms with E-state index in [0.29, 0.717) is 42.5 Å². The number of nitrogens with zero attached hydrogens (tertiary/aromatic N) is 1. The Labute approximate surface area is 232 Å². The lowest BCUT2D eigenvalue weighted by atomic mass is 9.45. The van der Waals surface area contributed by atoms with Crippen LogP contribution in [0.25, 0.3) is 5.70 Å². The second kappa shape index (κ2) is 9.72. The molecule has 1 aliphatic heterocycles. The number of allylic oxidation sites excluding steroid dienone is 2. The van der Waals surface area contributed by atoms with Crippen molar-refractivity contribution in [3.63, 3.8) is 0 Å². The Balaban J connectivity index is 1.50. The van der Waals surface area contributed by atoms with Gasteiger partial charge in [0.1, 0.15) is 17.5 Å². The zero-order chi connectivity index (χ0) is 27.6. The highest BCUT2D eigenvalue weighted by Crippen LogP contribution is 2.70. The molecule has 4 saturated carbocycles. The third-order valence-corrected chi connectivity index (χ3v) is 11.4. The molecule has 0 aromatic heterocycles. The zero-order valence-corrected chi connectivity index (χ0v) is 23.9. The van der Waals surface area contributed by atoms with E-state index in [9.17, 15) is 14.8 Å². The Bertz CT molecular complexity index is 1230. The number of hydrogen-bond donors (Lipinski definition) is 2. The molecule has 2 N–H and O–H groups in total. The van der Waals surface area contributed by atoms with Gasteiger partial charge in [0.2, 0.25) is 0 Å². The van der Waals surface area contributed by atoms with Crippen LogP contribution >= 0.6 is 0 Å². The second-order valence-corrected chi connectivity index (χ2v) is 13.1. The van der Waals surface area contributed by atoms with Gasteiger partial charge in [0.25, 0.3) is 5.91 Å². The van der Waals surface area contributed by atoms with Crippen molar-refractivity contribution < 1.29 is 19.0 Å². The second-order valence-electron chi connectivity index (χ2n) is 13.1. The molecule has 0 amide bonds. The van der Waals surface area contributed by atoms with Crippen LogP contribution in [0, 0.1) is 51.6 Å². The van der Waals surface area contributed by atoms with Crippen LogP contribution in [-0.2, 0) is 9.47 Å². The van der Waals surface area contributed by atoms with Crippen LogP contribution in [0.3, 0.4) is 0 Å². The van der Waals surface area contributed by atoms with E-state index in [0.717, 1.165) is 55.4 Å². The maximum atomic E-state index is 14.0. The average molecular weight is 535 g/mol. The lowest BCUT2D eigenvalue weighted by Gasteiger charge is -2.60. The maximum Gasteiger partial charge on any atom is 0.288 e. The van der Waals surface area contributed by atoms with Gasteiger partial charge in [-0.15, -0.1) is 0 Å². The topological polar surface area (TPSA) is 74.5 Å². The molecule has 1 aromatic rings. The number of ether oxygens (including phenoxy) is 2. The third-order valence-electron chi connectivity index (χ3n) is 11.4. The smallest absolute Gasteiger partial charge is 0.288 e. The summed E-state index contributed by atoms with van der Waals surface area (Å²) in [5.74, 6) is 0.605. The van der Waals surface area contributed by atoms with Gasteiger partial charge in [0.15, 0.2) is 0 Å². The van der Waals surface area contributed by atoms with Gasteiger partial charge in [-0.1, -0.05) is 13.8 Å². The Morgan fingerprint density at radius 3 is 2.41 bits per heavy atom. The number of nitrogens with one attached hydrogen (secondary N) is 1. The van der Waals surface area contributed by atoms with Crippen molar-refractivity contribution in [3.8, 4) is 6.07 Å². The van der Waals surface area contributed by atoms with Gasteiger partial charge in [0.05, 0.1) is 6.10 Å². The highest BCUT2D eigenvalue weighted by Gasteiger charge is 2.63. The minimum absolute atomic E-state index is 0.147. The normalized spacial score (nSPS) is 38.7. The Morgan fingerprint density at radius 1 is 1.03 bits per heavy atom. The van der Waals surface area contributed by atoms with E-state index in [1.807, 2.05) is 26.0 Å². The molecule has 7 atom stereocenters. The zero-order valence-electron chi connectivity index (χ0n) is 23.9. The monoisotopic (exact) mass is 534 g/mol. The first-order valence-electron chi connectivity index (χ1n) is 15.1. The molecule has 6 rings (SSSR count). The summed E-state index contributed by atoms with van der Waals surface area (Å²) in [5.41, 5.74) is 4.73. The van der Waals surface area contributed by atoms with Crippen molar-refractivity contribution in [2.24, 2.45) is 34.5 Å². The molecule has 0 bridgehead atoms. The van der Waals surface area contributed by atoms with Gasteiger partial charge in [-0.3, -0.25) is 0 Å². The predicted molar refractivity (Wildman–Crippen MR) is 148 cm³/mol. The summed E-state index contributed by atoms with van der Waals surface area (Å²) in [4.78, 5) is 0. The van der Waals surface area contributed by atoms with Crippen LogP contribution in [-0.4, -0.2) is 30.3 Å². The predicted octanol–water partition coefficient (Wildman–Crippen LogP) is 6.70. The molecule has 210 valence electrons. The molecule has 5 nitrogen and oxygen atoms in total. The third kappa shape index (κ3) is 3.95. The largest absolute Gasteiger partial charge is 0.393 e. The van der Waals surface area contributed by atoms with Crippen LogP contribution in [0.4, 0.5) is 4.39 Å². The summed E-state index contributed by atoms with van der Waals surface area (Å²) in [6.07, 6.45) is 8.25. The Morgan fingerprint density at radius 2 is 1.74 bits per heavy atom. The van der Waals surface area contributed by atoms with Gasteiger partial charge in [-0.25, -0.2) is 4.39 Å². The summed E-state index contributed by atoms with van der Waals surface area (Å²) >= 11 is 0. The number of aliphatic hydroxyl groups is 1. The van der Waals surface area contributed by atoms with E-state index in [-0.39, 0.29) is 22.8 Å². The summed E-state index contributed by atoms with van der Waals surface area (Å²) in [6, 6.07) is 9.17.